The summed E-state index contributed by atoms with van der Waals surface area (Å²) in [5, 5.41) is 17.3. The summed E-state index contributed by atoms with van der Waals surface area (Å²) < 4.78 is 1.49. The van der Waals surface area contributed by atoms with Crippen LogP contribution >= 0.6 is 23.4 Å². The van der Waals surface area contributed by atoms with Crippen molar-refractivity contribution in [1.29, 1.82) is 0 Å². The molecule has 128 valence electrons. The van der Waals surface area contributed by atoms with Crippen molar-refractivity contribution in [2.24, 2.45) is 0 Å². The Labute approximate surface area is 148 Å². The predicted molar refractivity (Wildman–Crippen MR) is 91.3 cm³/mol. The highest BCUT2D eigenvalue weighted by molar-refractivity contribution is 7.99. The Balaban J connectivity index is 1.93. The molecule has 1 heterocycles. The fourth-order valence-electron chi connectivity index (χ4n) is 1.68. The van der Waals surface area contributed by atoms with Gasteiger partial charge in [-0.25, -0.2) is 4.79 Å². The maximum absolute atomic E-state index is 11.8. The summed E-state index contributed by atoms with van der Waals surface area (Å²) in [6, 6.07) is 6.43. The Bertz CT molecular complexity index is 726. The largest absolute Gasteiger partial charge is 0.333 e. The maximum atomic E-state index is 11.8. The number of hydrogen-bond donors (Lipinski definition) is 2. The standard InChI is InChI=1S/C14H17ClN6O2S/c1-14(2,3)17-12(23)16-11(22)8-24-13-18-19-20-21(13)10-6-4-9(15)5-7-10/h4-7H,8H2,1-3H3,(H2,16,17,22,23). The highest BCUT2D eigenvalue weighted by atomic mass is 35.5. The molecule has 0 bridgehead atoms. The highest BCUT2D eigenvalue weighted by Crippen LogP contribution is 2.19. The van der Waals surface area contributed by atoms with Crippen LogP contribution < -0.4 is 10.6 Å². The Hall–Kier alpha value is -2.13. The number of urea groups is 1. The Morgan fingerprint density at radius 3 is 2.54 bits per heavy atom. The molecule has 0 spiro atoms. The normalized spacial score (nSPS) is 11.2. The molecule has 0 aliphatic carbocycles. The number of nitrogens with one attached hydrogen (secondary N) is 2. The van der Waals surface area contributed by atoms with Gasteiger partial charge in [-0.3, -0.25) is 10.1 Å². The average Bonchev–Trinajstić information content (AvgIpc) is 2.92. The summed E-state index contributed by atoms with van der Waals surface area (Å²) >= 11 is 6.98. The first-order valence-corrected chi connectivity index (χ1v) is 8.40. The molecule has 10 heteroatoms. The van der Waals surface area contributed by atoms with E-state index in [4.69, 9.17) is 11.6 Å². The van der Waals surface area contributed by atoms with E-state index >= 15 is 0 Å². The SMILES string of the molecule is CC(C)(C)NC(=O)NC(=O)CSc1nnnn1-c1ccc(Cl)cc1. The summed E-state index contributed by atoms with van der Waals surface area (Å²) in [6.45, 7) is 5.48. The van der Waals surface area contributed by atoms with Crippen LogP contribution in [0.1, 0.15) is 20.8 Å². The molecule has 1 aromatic heterocycles. The maximum Gasteiger partial charge on any atom is 0.321 e. The van der Waals surface area contributed by atoms with E-state index in [2.05, 4.69) is 26.2 Å². The molecule has 3 amide bonds. The lowest BCUT2D eigenvalue weighted by Gasteiger charge is -2.20. The molecule has 0 atom stereocenters. The van der Waals surface area contributed by atoms with E-state index < -0.39 is 17.5 Å². The van der Waals surface area contributed by atoms with Crippen molar-refractivity contribution in [3.63, 3.8) is 0 Å². The molecule has 2 N–H and O–H groups in total. The van der Waals surface area contributed by atoms with Crippen LogP contribution in [0.3, 0.4) is 0 Å². The molecule has 24 heavy (non-hydrogen) atoms. The number of halogens is 1. The van der Waals surface area contributed by atoms with Crippen LogP contribution in [0, 0.1) is 0 Å². The van der Waals surface area contributed by atoms with E-state index in [-0.39, 0.29) is 5.75 Å². The van der Waals surface area contributed by atoms with Gasteiger partial charge in [-0.15, -0.1) is 5.10 Å². The number of tetrazole rings is 1. The fraction of sp³-hybridized carbons (Fsp3) is 0.357. The number of carbonyl (C=O) groups excluding carboxylic acids is 2. The molecular formula is C14H17ClN6O2S. The molecule has 2 aromatic rings. The first kappa shape index (κ1) is 18.2. The molecule has 0 radical (unpaired) electrons. The number of amides is 3. The minimum Gasteiger partial charge on any atom is -0.333 e. The molecule has 0 unspecified atom stereocenters. The van der Waals surface area contributed by atoms with Crippen LogP contribution in [-0.2, 0) is 4.79 Å². The minimum absolute atomic E-state index is 0.00548. The molecule has 0 saturated heterocycles. The summed E-state index contributed by atoms with van der Waals surface area (Å²) in [6.07, 6.45) is 0. The van der Waals surface area contributed by atoms with Gasteiger partial charge >= 0.3 is 6.03 Å². The fourth-order valence-corrected chi connectivity index (χ4v) is 2.49. The second-order valence-electron chi connectivity index (χ2n) is 5.89. The van der Waals surface area contributed by atoms with Gasteiger partial charge in [0, 0.05) is 10.6 Å². The molecule has 0 aliphatic heterocycles. The third-order valence-electron chi connectivity index (χ3n) is 2.59. The van der Waals surface area contributed by atoms with E-state index in [0.29, 0.717) is 10.2 Å². The van der Waals surface area contributed by atoms with Gasteiger partial charge in [0.05, 0.1) is 11.4 Å². The molecular weight excluding hydrogens is 352 g/mol. The molecule has 0 aliphatic rings. The van der Waals surface area contributed by atoms with Crippen LogP contribution in [0.25, 0.3) is 5.69 Å². The second-order valence-corrected chi connectivity index (χ2v) is 7.27. The Morgan fingerprint density at radius 2 is 1.92 bits per heavy atom. The van der Waals surface area contributed by atoms with E-state index in [1.165, 1.54) is 4.68 Å². The summed E-state index contributed by atoms with van der Waals surface area (Å²) in [5.74, 6) is -0.432. The number of rotatable bonds is 4. The van der Waals surface area contributed by atoms with Crippen molar-refractivity contribution in [1.82, 2.24) is 30.8 Å². The quantitative estimate of drug-likeness (QED) is 0.800. The van der Waals surface area contributed by atoms with Crippen molar-refractivity contribution in [2.75, 3.05) is 5.75 Å². The zero-order valence-electron chi connectivity index (χ0n) is 13.4. The number of carbonyl (C=O) groups is 2. The van der Waals surface area contributed by atoms with Gasteiger partial charge in [-0.1, -0.05) is 23.4 Å². The molecule has 2 rings (SSSR count). The first-order chi connectivity index (χ1) is 11.2. The molecule has 8 nitrogen and oxygen atoms in total. The Kier molecular flexibility index (Phi) is 5.79. The number of aromatic nitrogens is 4. The predicted octanol–water partition coefficient (Wildman–Crippen LogP) is 2.03. The van der Waals surface area contributed by atoms with Crippen LogP contribution in [0.2, 0.25) is 5.02 Å². The van der Waals surface area contributed by atoms with Crippen LogP contribution in [0.5, 0.6) is 0 Å². The third kappa shape index (κ3) is 5.50. The number of benzene rings is 1. The zero-order valence-corrected chi connectivity index (χ0v) is 15.0. The van der Waals surface area contributed by atoms with Gasteiger partial charge in [0.15, 0.2) is 0 Å². The Morgan fingerprint density at radius 1 is 1.25 bits per heavy atom. The zero-order chi connectivity index (χ0) is 17.7. The van der Waals surface area contributed by atoms with Crippen molar-refractivity contribution in [3.05, 3.63) is 29.3 Å². The summed E-state index contributed by atoms with van der Waals surface area (Å²) in [4.78, 5) is 23.5. The lowest BCUT2D eigenvalue weighted by Crippen LogP contribution is -2.48. The summed E-state index contributed by atoms with van der Waals surface area (Å²) in [5.41, 5.74) is 0.300. The lowest BCUT2D eigenvalue weighted by atomic mass is 10.1. The number of nitrogens with zero attached hydrogens (tertiary/aromatic N) is 4. The smallest absolute Gasteiger partial charge is 0.321 e. The lowest BCUT2D eigenvalue weighted by molar-refractivity contribution is -0.117. The van der Waals surface area contributed by atoms with Gasteiger partial charge in [-0.2, -0.15) is 4.68 Å². The van der Waals surface area contributed by atoms with E-state index in [1.807, 2.05) is 20.8 Å². The van der Waals surface area contributed by atoms with Gasteiger partial charge in [0.25, 0.3) is 0 Å². The van der Waals surface area contributed by atoms with Crippen LogP contribution in [-0.4, -0.2) is 43.4 Å². The van der Waals surface area contributed by atoms with Gasteiger partial charge in [0.2, 0.25) is 11.1 Å². The van der Waals surface area contributed by atoms with Crippen molar-refractivity contribution < 1.29 is 9.59 Å². The molecule has 0 fully saturated rings. The molecule has 1 aromatic carbocycles. The topological polar surface area (TPSA) is 102 Å². The first-order valence-electron chi connectivity index (χ1n) is 7.04. The van der Waals surface area contributed by atoms with Gasteiger partial charge in [-0.05, 0) is 55.5 Å². The van der Waals surface area contributed by atoms with Gasteiger partial charge < -0.3 is 5.32 Å². The highest BCUT2D eigenvalue weighted by Gasteiger charge is 2.17. The number of hydrogen-bond acceptors (Lipinski definition) is 6. The van der Waals surface area contributed by atoms with Crippen molar-refractivity contribution >= 4 is 35.3 Å². The summed E-state index contributed by atoms with van der Waals surface area (Å²) in [7, 11) is 0. The third-order valence-corrected chi connectivity index (χ3v) is 3.76. The van der Waals surface area contributed by atoms with Crippen LogP contribution in [0.4, 0.5) is 4.79 Å². The van der Waals surface area contributed by atoms with Gasteiger partial charge in [0.1, 0.15) is 0 Å². The number of thioether (sulfide) groups is 1. The average molecular weight is 369 g/mol. The second kappa shape index (κ2) is 7.63. The van der Waals surface area contributed by atoms with Crippen molar-refractivity contribution in [2.45, 2.75) is 31.5 Å². The van der Waals surface area contributed by atoms with E-state index in [1.54, 1.807) is 24.3 Å². The van der Waals surface area contributed by atoms with E-state index in [0.717, 1.165) is 17.4 Å². The molecule has 0 saturated carbocycles. The van der Waals surface area contributed by atoms with E-state index in [9.17, 15) is 9.59 Å². The van der Waals surface area contributed by atoms with Crippen LogP contribution in [0.15, 0.2) is 29.4 Å². The monoisotopic (exact) mass is 368 g/mol. The number of imide groups is 1. The minimum atomic E-state index is -0.537. The van der Waals surface area contributed by atoms with Crippen molar-refractivity contribution in [3.8, 4) is 5.69 Å².